The van der Waals surface area contributed by atoms with Crippen molar-refractivity contribution in [3.8, 4) is 78.8 Å². The normalized spacial score (nSPS) is 12.9. The predicted molar refractivity (Wildman–Crippen MR) is 256 cm³/mol. The summed E-state index contributed by atoms with van der Waals surface area (Å²) in [5.41, 5.74) is 17.9. The number of hydrogen-bond acceptors (Lipinski definition) is 4. The van der Waals surface area contributed by atoms with Gasteiger partial charge in [-0.2, -0.15) is 0 Å². The Bertz CT molecular complexity index is 3570. The molecule has 2 aliphatic rings. The molecule has 63 heavy (non-hydrogen) atoms. The van der Waals surface area contributed by atoms with E-state index in [1.165, 1.54) is 55.5 Å². The first kappa shape index (κ1) is 35.4. The molecule has 0 amide bonds. The summed E-state index contributed by atoms with van der Waals surface area (Å²) in [6, 6.07) is 77.9. The van der Waals surface area contributed by atoms with E-state index in [1.54, 1.807) is 0 Å². The van der Waals surface area contributed by atoms with E-state index in [-0.39, 0.29) is 0 Å². The molecule has 0 unspecified atom stereocenters. The highest BCUT2D eigenvalue weighted by Gasteiger charge is 2.52. The van der Waals surface area contributed by atoms with Gasteiger partial charge in [0.25, 0.3) is 0 Å². The van der Waals surface area contributed by atoms with Gasteiger partial charge in [-0.05, 0) is 67.8 Å². The molecular formula is C59H36N4. The lowest BCUT2D eigenvalue weighted by atomic mass is 9.70. The third kappa shape index (κ3) is 5.28. The summed E-state index contributed by atoms with van der Waals surface area (Å²) in [6.45, 7) is 0. The van der Waals surface area contributed by atoms with E-state index in [1.807, 2.05) is 36.4 Å². The maximum Gasteiger partial charge on any atom is 0.164 e. The van der Waals surface area contributed by atoms with Gasteiger partial charge in [-0.25, -0.2) is 19.9 Å². The van der Waals surface area contributed by atoms with E-state index in [9.17, 15) is 0 Å². The van der Waals surface area contributed by atoms with Crippen molar-refractivity contribution < 1.29 is 0 Å². The highest BCUT2D eigenvalue weighted by atomic mass is 15.0. The second-order valence-corrected chi connectivity index (χ2v) is 16.5. The van der Waals surface area contributed by atoms with Crippen LogP contribution >= 0.6 is 0 Å². The standard InChI is InChI=1S/C59H36N4/c1-3-16-37(17-4-1)38-30-32-40(33-31-38)57-61-56(39-18-5-2-6-19-39)62-58(63-57)42-21-15-20-41(36-42)55-47-34-35-51-54(53(47)46-25-10-14-29-52(46)60-55)45-24-9-13-28-50(45)59(51)48-26-11-7-22-43(48)44-23-8-12-27-49(44)59/h1-36H. The highest BCUT2D eigenvalue weighted by molar-refractivity contribution is 6.20. The van der Waals surface area contributed by atoms with Crippen LogP contribution in [0.25, 0.3) is 100 Å². The van der Waals surface area contributed by atoms with Crippen molar-refractivity contribution in [1.82, 2.24) is 19.9 Å². The number of para-hydroxylation sites is 1. The van der Waals surface area contributed by atoms with Gasteiger partial charge < -0.3 is 0 Å². The van der Waals surface area contributed by atoms with Crippen LogP contribution < -0.4 is 0 Å². The van der Waals surface area contributed by atoms with Crippen LogP contribution in [-0.4, -0.2) is 19.9 Å². The molecule has 1 spiro atoms. The molecule has 2 heterocycles. The van der Waals surface area contributed by atoms with Gasteiger partial charge in [0.05, 0.1) is 16.6 Å². The number of rotatable bonds is 5. The molecule has 11 aromatic rings. The van der Waals surface area contributed by atoms with Gasteiger partial charge in [0.2, 0.25) is 0 Å². The molecule has 9 aromatic carbocycles. The summed E-state index contributed by atoms with van der Waals surface area (Å²) in [7, 11) is 0. The van der Waals surface area contributed by atoms with E-state index < -0.39 is 5.41 Å². The number of nitrogens with zero attached hydrogens (tertiary/aromatic N) is 4. The van der Waals surface area contributed by atoms with Crippen LogP contribution in [0.2, 0.25) is 0 Å². The fraction of sp³-hybridized carbons (Fsp3) is 0.0169. The van der Waals surface area contributed by atoms with Crippen molar-refractivity contribution in [3.63, 3.8) is 0 Å². The molecule has 4 heteroatoms. The average Bonchev–Trinajstić information content (AvgIpc) is 3.84. The van der Waals surface area contributed by atoms with Crippen molar-refractivity contribution in [2.45, 2.75) is 5.41 Å². The molecule has 0 saturated carbocycles. The maximum atomic E-state index is 5.46. The zero-order valence-electron chi connectivity index (χ0n) is 34.1. The zero-order chi connectivity index (χ0) is 41.5. The van der Waals surface area contributed by atoms with Crippen molar-refractivity contribution in [2.75, 3.05) is 0 Å². The molecule has 0 fully saturated rings. The van der Waals surface area contributed by atoms with Crippen LogP contribution in [0.3, 0.4) is 0 Å². The van der Waals surface area contributed by atoms with Crippen LogP contribution in [-0.2, 0) is 5.41 Å². The lowest BCUT2D eigenvalue weighted by molar-refractivity contribution is 0.794. The third-order valence-corrected chi connectivity index (χ3v) is 13.1. The summed E-state index contributed by atoms with van der Waals surface area (Å²) in [5, 5.41) is 3.47. The van der Waals surface area contributed by atoms with Gasteiger partial charge in [0.15, 0.2) is 17.5 Å². The van der Waals surface area contributed by atoms with Gasteiger partial charge in [-0.15, -0.1) is 0 Å². The number of benzene rings is 9. The molecule has 0 bridgehead atoms. The first-order valence-electron chi connectivity index (χ1n) is 21.5. The molecule has 2 aromatic heterocycles. The largest absolute Gasteiger partial charge is 0.247 e. The van der Waals surface area contributed by atoms with Gasteiger partial charge in [0.1, 0.15) is 0 Å². The molecule has 0 N–H and O–H groups in total. The Labute approximate surface area is 364 Å². The monoisotopic (exact) mass is 800 g/mol. The van der Waals surface area contributed by atoms with Crippen molar-refractivity contribution >= 4 is 21.7 Å². The lowest BCUT2D eigenvalue weighted by Gasteiger charge is -2.30. The van der Waals surface area contributed by atoms with E-state index >= 15 is 0 Å². The summed E-state index contributed by atoms with van der Waals surface area (Å²) < 4.78 is 0. The van der Waals surface area contributed by atoms with E-state index in [0.717, 1.165) is 49.8 Å². The predicted octanol–water partition coefficient (Wildman–Crippen LogP) is 14.3. The van der Waals surface area contributed by atoms with Crippen LogP contribution in [0.4, 0.5) is 0 Å². The Morgan fingerprint density at radius 3 is 1.44 bits per heavy atom. The first-order chi connectivity index (χ1) is 31.2. The molecule has 0 saturated heterocycles. The van der Waals surface area contributed by atoms with Crippen molar-refractivity contribution in [2.24, 2.45) is 0 Å². The third-order valence-electron chi connectivity index (χ3n) is 13.1. The minimum absolute atomic E-state index is 0.438. The fourth-order valence-electron chi connectivity index (χ4n) is 10.4. The number of fused-ring (bicyclic) bond motifs is 14. The summed E-state index contributed by atoms with van der Waals surface area (Å²) >= 11 is 0. The minimum atomic E-state index is -0.438. The van der Waals surface area contributed by atoms with E-state index in [0.29, 0.717) is 17.5 Å². The Kier molecular flexibility index (Phi) is 7.79. The minimum Gasteiger partial charge on any atom is -0.247 e. The Morgan fingerprint density at radius 2 is 0.762 bits per heavy atom. The maximum absolute atomic E-state index is 5.46. The Hall–Kier alpha value is -8.34. The SMILES string of the molecule is c1ccc(-c2ccc(-c3nc(-c4ccccc4)nc(-c4cccc(-c5nc6ccccc6c6c7c(ccc56)C5(c6ccccc6-c6ccccc65)c5ccccc5-7)c4)n3)cc2)cc1. The van der Waals surface area contributed by atoms with Crippen molar-refractivity contribution in [3.05, 3.63) is 241 Å². The van der Waals surface area contributed by atoms with Crippen LogP contribution in [0.1, 0.15) is 22.3 Å². The van der Waals surface area contributed by atoms with Gasteiger partial charge in [-0.1, -0.05) is 206 Å². The molecule has 292 valence electrons. The van der Waals surface area contributed by atoms with Gasteiger partial charge in [-0.3, -0.25) is 0 Å². The molecule has 0 atom stereocenters. The number of hydrogen-bond donors (Lipinski definition) is 0. The number of pyridine rings is 1. The zero-order valence-corrected chi connectivity index (χ0v) is 34.1. The van der Waals surface area contributed by atoms with Crippen LogP contribution in [0.15, 0.2) is 218 Å². The van der Waals surface area contributed by atoms with Gasteiger partial charge in [0, 0.05) is 38.4 Å². The molecule has 0 radical (unpaired) electrons. The molecular weight excluding hydrogens is 765 g/mol. The average molecular weight is 801 g/mol. The molecule has 4 nitrogen and oxygen atoms in total. The van der Waals surface area contributed by atoms with E-state index in [2.05, 4.69) is 182 Å². The smallest absolute Gasteiger partial charge is 0.164 e. The quantitative estimate of drug-likeness (QED) is 0.163. The molecule has 0 aliphatic heterocycles. The molecule has 2 aliphatic carbocycles. The van der Waals surface area contributed by atoms with Crippen LogP contribution in [0, 0.1) is 0 Å². The highest BCUT2D eigenvalue weighted by Crippen LogP contribution is 2.64. The summed E-state index contributed by atoms with van der Waals surface area (Å²) in [4.78, 5) is 20.8. The van der Waals surface area contributed by atoms with Crippen LogP contribution in [0.5, 0.6) is 0 Å². The topological polar surface area (TPSA) is 51.6 Å². The number of aromatic nitrogens is 4. The summed E-state index contributed by atoms with van der Waals surface area (Å²) in [5.74, 6) is 1.85. The summed E-state index contributed by atoms with van der Waals surface area (Å²) in [6.07, 6.45) is 0. The van der Waals surface area contributed by atoms with Gasteiger partial charge >= 0.3 is 0 Å². The molecule has 13 rings (SSSR count). The second-order valence-electron chi connectivity index (χ2n) is 16.5. The van der Waals surface area contributed by atoms with E-state index in [4.69, 9.17) is 19.9 Å². The van der Waals surface area contributed by atoms with Crippen molar-refractivity contribution in [1.29, 1.82) is 0 Å². The second kappa shape index (κ2) is 13.8. The Morgan fingerprint density at radius 1 is 0.286 bits per heavy atom. The first-order valence-corrected chi connectivity index (χ1v) is 21.5. The lowest BCUT2D eigenvalue weighted by Crippen LogP contribution is -2.25. The Balaban J connectivity index is 1.01. The fourth-order valence-corrected chi connectivity index (χ4v) is 10.4.